The molecule has 29 heavy (non-hydrogen) atoms. The van der Waals surface area contributed by atoms with E-state index in [1.165, 1.54) is 22.9 Å². The summed E-state index contributed by atoms with van der Waals surface area (Å²) in [6.07, 6.45) is 1.71. The standard InChI is InChI=1S/C23H24BrN3O2/c1-16-4-3-5-20(17(16)2)25-10-12-26(13-11-25)23(29)15-27-9-8-22(28)19-14-18(24)6-7-21(19)27/h3-9,14H,10-13,15H2,1-2H3. The van der Waals surface area contributed by atoms with Crippen LogP contribution in [0.4, 0.5) is 5.69 Å². The average Bonchev–Trinajstić information content (AvgIpc) is 2.72. The van der Waals surface area contributed by atoms with Gasteiger partial charge in [-0.25, -0.2) is 0 Å². The van der Waals surface area contributed by atoms with Crippen LogP contribution in [0.15, 0.2) is 57.9 Å². The van der Waals surface area contributed by atoms with E-state index < -0.39 is 0 Å². The second-order valence-corrected chi connectivity index (χ2v) is 8.47. The van der Waals surface area contributed by atoms with Crippen molar-refractivity contribution >= 4 is 38.4 Å². The van der Waals surface area contributed by atoms with Crippen molar-refractivity contribution in [1.29, 1.82) is 0 Å². The number of halogens is 1. The summed E-state index contributed by atoms with van der Waals surface area (Å²) in [5.41, 5.74) is 4.60. The molecule has 1 saturated heterocycles. The van der Waals surface area contributed by atoms with Gasteiger partial charge in [0.1, 0.15) is 6.54 Å². The van der Waals surface area contributed by atoms with Crippen LogP contribution in [0.5, 0.6) is 0 Å². The fourth-order valence-corrected chi connectivity index (χ4v) is 4.30. The zero-order chi connectivity index (χ0) is 20.5. The van der Waals surface area contributed by atoms with Crippen LogP contribution in [-0.2, 0) is 11.3 Å². The highest BCUT2D eigenvalue weighted by molar-refractivity contribution is 9.10. The molecule has 0 radical (unpaired) electrons. The monoisotopic (exact) mass is 453 g/mol. The SMILES string of the molecule is Cc1cccc(N2CCN(C(=O)Cn3ccc(=O)c4cc(Br)ccc43)CC2)c1C. The topological polar surface area (TPSA) is 45.5 Å². The first-order valence-electron chi connectivity index (χ1n) is 9.82. The van der Waals surface area contributed by atoms with Gasteiger partial charge < -0.3 is 14.4 Å². The zero-order valence-corrected chi connectivity index (χ0v) is 18.3. The molecule has 6 heteroatoms. The molecule has 0 N–H and O–H groups in total. The normalized spacial score (nSPS) is 14.4. The van der Waals surface area contributed by atoms with Gasteiger partial charge in [0, 0.05) is 54.0 Å². The van der Waals surface area contributed by atoms with Crippen molar-refractivity contribution in [2.24, 2.45) is 0 Å². The van der Waals surface area contributed by atoms with Crippen molar-refractivity contribution in [2.45, 2.75) is 20.4 Å². The number of piperazine rings is 1. The number of aryl methyl sites for hydroxylation is 1. The van der Waals surface area contributed by atoms with Gasteiger partial charge >= 0.3 is 0 Å². The van der Waals surface area contributed by atoms with Crippen LogP contribution >= 0.6 is 15.9 Å². The molecule has 4 rings (SSSR count). The average molecular weight is 454 g/mol. The number of amides is 1. The minimum absolute atomic E-state index is 0.0351. The Morgan fingerprint density at radius 2 is 1.79 bits per heavy atom. The van der Waals surface area contributed by atoms with E-state index in [9.17, 15) is 9.59 Å². The molecular weight excluding hydrogens is 430 g/mol. The Kier molecular flexibility index (Phi) is 5.46. The summed E-state index contributed by atoms with van der Waals surface area (Å²) in [6.45, 7) is 7.59. The molecular formula is C23H24BrN3O2. The predicted molar refractivity (Wildman–Crippen MR) is 121 cm³/mol. The maximum Gasteiger partial charge on any atom is 0.242 e. The van der Waals surface area contributed by atoms with Crippen molar-refractivity contribution in [2.75, 3.05) is 31.1 Å². The number of carbonyl (C=O) groups is 1. The minimum atomic E-state index is -0.0351. The fourth-order valence-electron chi connectivity index (χ4n) is 3.94. The third-order valence-corrected chi connectivity index (χ3v) is 6.29. The molecule has 1 aromatic heterocycles. The fraction of sp³-hybridized carbons (Fsp3) is 0.304. The van der Waals surface area contributed by atoms with Crippen molar-refractivity contribution in [1.82, 2.24) is 9.47 Å². The highest BCUT2D eigenvalue weighted by Crippen LogP contribution is 2.24. The number of hydrogen-bond donors (Lipinski definition) is 0. The number of fused-ring (bicyclic) bond motifs is 1. The maximum atomic E-state index is 12.9. The van der Waals surface area contributed by atoms with E-state index in [0.29, 0.717) is 18.5 Å². The molecule has 0 aliphatic carbocycles. The highest BCUT2D eigenvalue weighted by Gasteiger charge is 2.22. The molecule has 0 saturated carbocycles. The molecule has 1 aliphatic rings. The van der Waals surface area contributed by atoms with E-state index in [0.717, 1.165) is 23.1 Å². The van der Waals surface area contributed by atoms with Crippen molar-refractivity contribution in [3.05, 3.63) is 74.5 Å². The van der Waals surface area contributed by atoms with E-state index in [4.69, 9.17) is 0 Å². The smallest absolute Gasteiger partial charge is 0.242 e. The number of pyridine rings is 1. The lowest BCUT2D eigenvalue weighted by Gasteiger charge is -2.37. The lowest BCUT2D eigenvalue weighted by molar-refractivity contribution is -0.132. The van der Waals surface area contributed by atoms with E-state index in [1.54, 1.807) is 6.20 Å². The van der Waals surface area contributed by atoms with Gasteiger partial charge in [0.15, 0.2) is 5.43 Å². The largest absolute Gasteiger partial charge is 0.368 e. The predicted octanol–water partition coefficient (Wildman–Crippen LogP) is 3.73. The van der Waals surface area contributed by atoms with Crippen molar-refractivity contribution in [3.8, 4) is 0 Å². The highest BCUT2D eigenvalue weighted by atomic mass is 79.9. The number of nitrogens with zero attached hydrogens (tertiary/aromatic N) is 3. The molecule has 0 unspecified atom stereocenters. The van der Waals surface area contributed by atoms with Gasteiger partial charge in [-0.1, -0.05) is 28.1 Å². The second-order valence-electron chi connectivity index (χ2n) is 7.56. The molecule has 5 nitrogen and oxygen atoms in total. The first-order valence-corrected chi connectivity index (χ1v) is 10.6. The molecule has 0 spiro atoms. The third kappa shape index (κ3) is 3.94. The Balaban J connectivity index is 1.47. The number of benzene rings is 2. The summed E-state index contributed by atoms with van der Waals surface area (Å²) in [5.74, 6) is 0.0819. The molecule has 3 aromatic rings. The van der Waals surface area contributed by atoms with Gasteiger partial charge in [0.25, 0.3) is 0 Å². The van der Waals surface area contributed by atoms with E-state index in [1.807, 2.05) is 27.7 Å². The zero-order valence-electron chi connectivity index (χ0n) is 16.7. The summed E-state index contributed by atoms with van der Waals surface area (Å²) in [7, 11) is 0. The van der Waals surface area contributed by atoms with Crippen LogP contribution in [0.1, 0.15) is 11.1 Å². The summed E-state index contributed by atoms with van der Waals surface area (Å²) in [4.78, 5) is 29.4. The summed E-state index contributed by atoms with van der Waals surface area (Å²) in [5, 5.41) is 0.620. The van der Waals surface area contributed by atoms with Gasteiger partial charge in [0.05, 0.1) is 5.52 Å². The molecule has 0 atom stereocenters. The quantitative estimate of drug-likeness (QED) is 0.606. The van der Waals surface area contributed by atoms with Crippen LogP contribution in [0.3, 0.4) is 0 Å². The lowest BCUT2D eigenvalue weighted by atomic mass is 10.1. The molecule has 1 aliphatic heterocycles. The van der Waals surface area contributed by atoms with Gasteiger partial charge in [-0.3, -0.25) is 9.59 Å². The molecule has 0 bridgehead atoms. The van der Waals surface area contributed by atoms with Crippen LogP contribution in [-0.4, -0.2) is 41.6 Å². The summed E-state index contributed by atoms with van der Waals surface area (Å²) < 4.78 is 2.72. The summed E-state index contributed by atoms with van der Waals surface area (Å²) >= 11 is 3.41. The first kappa shape index (κ1) is 19.7. The minimum Gasteiger partial charge on any atom is -0.368 e. The third-order valence-electron chi connectivity index (χ3n) is 5.79. The Hall–Kier alpha value is -2.60. The van der Waals surface area contributed by atoms with E-state index >= 15 is 0 Å². The summed E-state index contributed by atoms with van der Waals surface area (Å²) in [6, 6.07) is 13.5. The number of rotatable bonds is 3. The second kappa shape index (κ2) is 8.03. The Morgan fingerprint density at radius 1 is 1.03 bits per heavy atom. The van der Waals surface area contributed by atoms with Crippen LogP contribution < -0.4 is 10.3 Å². The Morgan fingerprint density at radius 3 is 2.55 bits per heavy atom. The number of aromatic nitrogens is 1. The maximum absolute atomic E-state index is 12.9. The van der Waals surface area contributed by atoms with Crippen LogP contribution in [0, 0.1) is 13.8 Å². The van der Waals surface area contributed by atoms with Gasteiger partial charge in [-0.05, 0) is 49.2 Å². The molecule has 2 aromatic carbocycles. The van der Waals surface area contributed by atoms with E-state index in [-0.39, 0.29) is 17.9 Å². The first-order chi connectivity index (χ1) is 13.9. The van der Waals surface area contributed by atoms with Crippen molar-refractivity contribution < 1.29 is 4.79 Å². The van der Waals surface area contributed by atoms with Crippen LogP contribution in [0.2, 0.25) is 0 Å². The number of carbonyl (C=O) groups excluding carboxylic acids is 1. The Bertz CT molecular complexity index is 1130. The molecule has 2 heterocycles. The molecule has 150 valence electrons. The number of hydrogen-bond acceptors (Lipinski definition) is 3. The molecule has 1 fully saturated rings. The molecule has 1 amide bonds. The Labute approximate surface area is 178 Å². The van der Waals surface area contributed by atoms with E-state index in [2.05, 4.69) is 52.9 Å². The number of anilines is 1. The lowest BCUT2D eigenvalue weighted by Crippen LogP contribution is -2.49. The van der Waals surface area contributed by atoms with Gasteiger partial charge in [-0.2, -0.15) is 0 Å². The van der Waals surface area contributed by atoms with Crippen LogP contribution in [0.25, 0.3) is 10.9 Å². The van der Waals surface area contributed by atoms with Crippen molar-refractivity contribution in [3.63, 3.8) is 0 Å². The van der Waals surface area contributed by atoms with Gasteiger partial charge in [-0.15, -0.1) is 0 Å². The van der Waals surface area contributed by atoms with Gasteiger partial charge in [0.2, 0.25) is 5.91 Å².